The van der Waals surface area contributed by atoms with Crippen molar-refractivity contribution in [3.05, 3.63) is 23.8 Å². The predicted octanol–water partition coefficient (Wildman–Crippen LogP) is 1.96. The van der Waals surface area contributed by atoms with E-state index >= 15 is 0 Å². The summed E-state index contributed by atoms with van der Waals surface area (Å²) in [7, 11) is -4.09. The highest BCUT2D eigenvalue weighted by molar-refractivity contribution is 7.91. The lowest BCUT2D eigenvalue weighted by Gasteiger charge is -2.13. The van der Waals surface area contributed by atoms with Crippen molar-refractivity contribution in [3.8, 4) is 6.07 Å². The Kier molecular flexibility index (Phi) is 4.39. The Balaban J connectivity index is 3.47. The maximum absolute atomic E-state index is 12.6. The number of amides is 1. The van der Waals surface area contributed by atoms with Crippen molar-refractivity contribution in [2.75, 3.05) is 11.1 Å². The van der Waals surface area contributed by atoms with Gasteiger partial charge in [0.05, 0.1) is 22.2 Å². The molecule has 1 aromatic carbocycles. The molecule has 0 bridgehead atoms. The molecule has 0 aliphatic rings. The number of nitrogens with zero attached hydrogens (tertiary/aromatic N) is 1. The SMILES string of the molecule is CC(=O)Nc1cc(C(F)(F)F)ccc1S(=O)(=O)CC#N. The van der Waals surface area contributed by atoms with Crippen molar-refractivity contribution >= 4 is 21.4 Å². The average molecular weight is 306 g/mol. The number of sulfone groups is 1. The molecule has 0 saturated carbocycles. The van der Waals surface area contributed by atoms with Crippen molar-refractivity contribution in [2.45, 2.75) is 18.0 Å². The minimum Gasteiger partial charge on any atom is -0.325 e. The molecule has 0 aliphatic heterocycles. The van der Waals surface area contributed by atoms with Gasteiger partial charge in [-0.05, 0) is 18.2 Å². The molecule has 20 heavy (non-hydrogen) atoms. The highest BCUT2D eigenvalue weighted by atomic mass is 32.2. The number of alkyl halides is 3. The number of benzene rings is 1. The van der Waals surface area contributed by atoms with Gasteiger partial charge in [-0.1, -0.05) is 0 Å². The lowest BCUT2D eigenvalue weighted by Crippen LogP contribution is -2.15. The topological polar surface area (TPSA) is 87.0 Å². The van der Waals surface area contributed by atoms with Crippen LogP contribution in [0.5, 0.6) is 0 Å². The number of halogens is 3. The van der Waals surface area contributed by atoms with Crippen LogP contribution in [0.4, 0.5) is 18.9 Å². The van der Waals surface area contributed by atoms with Crippen LogP contribution < -0.4 is 5.32 Å². The third kappa shape index (κ3) is 3.71. The van der Waals surface area contributed by atoms with Crippen molar-refractivity contribution in [2.24, 2.45) is 0 Å². The monoisotopic (exact) mass is 306 g/mol. The second kappa shape index (κ2) is 5.50. The van der Waals surface area contributed by atoms with Crippen molar-refractivity contribution in [1.29, 1.82) is 5.26 Å². The molecule has 1 aromatic rings. The standard InChI is InChI=1S/C11H9F3N2O3S/c1-7(17)16-9-6-8(11(12,13)14)2-3-10(9)20(18,19)5-4-15/h2-3,6H,5H2,1H3,(H,16,17). The van der Waals surface area contributed by atoms with E-state index < -0.39 is 43.8 Å². The van der Waals surface area contributed by atoms with Gasteiger partial charge in [0.25, 0.3) is 0 Å². The smallest absolute Gasteiger partial charge is 0.325 e. The van der Waals surface area contributed by atoms with Crippen LogP contribution in [0, 0.1) is 11.3 Å². The molecule has 1 N–H and O–H groups in total. The van der Waals surface area contributed by atoms with Gasteiger partial charge in [-0.15, -0.1) is 0 Å². The Bertz CT molecular complexity index is 675. The number of rotatable bonds is 3. The zero-order valence-corrected chi connectivity index (χ0v) is 11.0. The summed E-state index contributed by atoms with van der Waals surface area (Å²) in [6.45, 7) is 1.03. The maximum atomic E-state index is 12.6. The van der Waals surface area contributed by atoms with E-state index in [0.29, 0.717) is 12.1 Å². The van der Waals surface area contributed by atoms with Crippen LogP contribution in [-0.4, -0.2) is 20.1 Å². The molecule has 0 unspecified atom stereocenters. The number of nitriles is 1. The largest absolute Gasteiger partial charge is 0.416 e. The summed E-state index contributed by atoms with van der Waals surface area (Å²) in [5.41, 5.74) is -1.60. The Morgan fingerprint density at radius 3 is 2.45 bits per heavy atom. The van der Waals surface area contributed by atoms with E-state index in [0.717, 1.165) is 13.0 Å². The minimum atomic E-state index is -4.68. The number of nitrogens with one attached hydrogen (secondary N) is 1. The van der Waals surface area contributed by atoms with E-state index in [9.17, 15) is 26.4 Å². The molecule has 0 aliphatic carbocycles. The molecule has 0 fully saturated rings. The quantitative estimate of drug-likeness (QED) is 0.924. The average Bonchev–Trinajstić information content (AvgIpc) is 2.26. The van der Waals surface area contributed by atoms with Gasteiger partial charge in [0.1, 0.15) is 5.75 Å². The molecule has 0 spiro atoms. The van der Waals surface area contributed by atoms with Gasteiger partial charge >= 0.3 is 6.18 Å². The Morgan fingerprint density at radius 2 is 2.00 bits per heavy atom. The molecular weight excluding hydrogens is 297 g/mol. The Hall–Kier alpha value is -2.08. The Morgan fingerprint density at radius 1 is 1.40 bits per heavy atom. The maximum Gasteiger partial charge on any atom is 0.416 e. The number of anilines is 1. The van der Waals surface area contributed by atoms with Crippen LogP contribution in [-0.2, 0) is 20.8 Å². The summed E-state index contributed by atoms with van der Waals surface area (Å²) >= 11 is 0. The fourth-order valence-corrected chi connectivity index (χ4v) is 2.47. The first kappa shape index (κ1) is 16.0. The van der Waals surface area contributed by atoms with Gasteiger partial charge in [-0.2, -0.15) is 18.4 Å². The number of hydrogen-bond donors (Lipinski definition) is 1. The lowest BCUT2D eigenvalue weighted by atomic mass is 10.2. The summed E-state index contributed by atoms with van der Waals surface area (Å²) in [6.07, 6.45) is -4.68. The van der Waals surface area contributed by atoms with Gasteiger partial charge in [-0.25, -0.2) is 8.42 Å². The van der Waals surface area contributed by atoms with E-state index in [4.69, 9.17) is 5.26 Å². The summed E-state index contributed by atoms with van der Waals surface area (Å²) in [4.78, 5) is 10.4. The molecule has 0 radical (unpaired) electrons. The molecule has 0 atom stereocenters. The molecule has 1 rings (SSSR count). The van der Waals surface area contributed by atoms with Gasteiger partial charge < -0.3 is 5.32 Å². The van der Waals surface area contributed by atoms with E-state index in [1.54, 1.807) is 0 Å². The number of carbonyl (C=O) groups excluding carboxylic acids is 1. The molecule has 0 heterocycles. The van der Waals surface area contributed by atoms with Gasteiger partial charge in [0.2, 0.25) is 5.91 Å². The molecule has 5 nitrogen and oxygen atoms in total. The van der Waals surface area contributed by atoms with Crippen molar-refractivity contribution in [1.82, 2.24) is 0 Å². The predicted molar refractivity (Wildman–Crippen MR) is 63.4 cm³/mol. The summed E-state index contributed by atoms with van der Waals surface area (Å²) in [5.74, 6) is -1.62. The molecule has 0 aromatic heterocycles. The highest BCUT2D eigenvalue weighted by Gasteiger charge is 2.32. The first-order chi connectivity index (χ1) is 9.08. The van der Waals surface area contributed by atoms with Crippen LogP contribution in [0.2, 0.25) is 0 Å². The van der Waals surface area contributed by atoms with E-state index in [1.807, 2.05) is 5.32 Å². The normalized spacial score (nSPS) is 11.8. The van der Waals surface area contributed by atoms with Gasteiger partial charge in [0.15, 0.2) is 9.84 Å². The van der Waals surface area contributed by atoms with Crippen LogP contribution in [0.1, 0.15) is 12.5 Å². The summed E-state index contributed by atoms with van der Waals surface area (Å²) in [5, 5.41) is 10.4. The molecule has 108 valence electrons. The first-order valence-electron chi connectivity index (χ1n) is 5.16. The van der Waals surface area contributed by atoms with Crippen LogP contribution in [0.15, 0.2) is 23.1 Å². The van der Waals surface area contributed by atoms with Gasteiger partial charge in [0, 0.05) is 6.92 Å². The summed E-state index contributed by atoms with van der Waals surface area (Å²) in [6, 6.07) is 3.23. The van der Waals surface area contributed by atoms with Crippen LogP contribution >= 0.6 is 0 Å². The van der Waals surface area contributed by atoms with E-state index in [-0.39, 0.29) is 0 Å². The second-order valence-corrected chi connectivity index (χ2v) is 5.77. The van der Waals surface area contributed by atoms with Crippen LogP contribution in [0.25, 0.3) is 0 Å². The molecule has 1 amide bonds. The minimum absolute atomic E-state index is 0.498. The fourth-order valence-electron chi connectivity index (χ4n) is 1.43. The van der Waals surface area contributed by atoms with E-state index in [1.165, 1.54) is 6.07 Å². The molecule has 9 heteroatoms. The Labute approximate surface area is 112 Å². The van der Waals surface area contributed by atoms with Crippen molar-refractivity contribution < 1.29 is 26.4 Å². The number of hydrogen-bond acceptors (Lipinski definition) is 4. The van der Waals surface area contributed by atoms with E-state index in [2.05, 4.69) is 0 Å². The first-order valence-corrected chi connectivity index (χ1v) is 6.81. The third-order valence-corrected chi connectivity index (χ3v) is 3.74. The fraction of sp³-hybridized carbons (Fsp3) is 0.273. The highest BCUT2D eigenvalue weighted by Crippen LogP contribution is 2.33. The zero-order valence-electron chi connectivity index (χ0n) is 10.2. The lowest BCUT2D eigenvalue weighted by molar-refractivity contribution is -0.137. The molecule has 0 saturated heterocycles. The third-order valence-electron chi connectivity index (χ3n) is 2.21. The zero-order chi connectivity index (χ0) is 15.6. The summed E-state index contributed by atoms with van der Waals surface area (Å²) < 4.78 is 61.2. The van der Waals surface area contributed by atoms with Crippen LogP contribution in [0.3, 0.4) is 0 Å². The number of carbonyl (C=O) groups is 1. The molecular formula is C11H9F3N2O3S. The van der Waals surface area contributed by atoms with Crippen molar-refractivity contribution in [3.63, 3.8) is 0 Å². The second-order valence-electron chi connectivity index (χ2n) is 3.81. The van der Waals surface area contributed by atoms with Gasteiger partial charge in [-0.3, -0.25) is 4.79 Å².